The Hall–Kier alpha value is -1.32. The first-order valence-electron chi connectivity index (χ1n) is 12.2. The van der Waals surface area contributed by atoms with Crippen LogP contribution in [0, 0.1) is 0 Å². The molecule has 29 heavy (non-hydrogen) atoms. The van der Waals surface area contributed by atoms with Gasteiger partial charge in [0.25, 0.3) is 0 Å². The number of hydrogen-bond donors (Lipinski definition) is 2. The van der Waals surface area contributed by atoms with E-state index in [2.05, 4.69) is 0 Å². The van der Waals surface area contributed by atoms with Gasteiger partial charge in [0.05, 0.1) is 0 Å². The number of hydrogen-bond acceptors (Lipinski definition) is 2. The Morgan fingerprint density at radius 3 is 1.10 bits per heavy atom. The third-order valence-corrected chi connectivity index (χ3v) is 5.52. The molecule has 0 aliphatic carbocycles. The highest BCUT2D eigenvalue weighted by molar-refractivity contribution is 5.79. The van der Waals surface area contributed by atoms with Crippen molar-refractivity contribution in [3.05, 3.63) is 12.2 Å². The molecule has 0 aromatic carbocycles. The molecule has 0 radical (unpaired) electrons. The van der Waals surface area contributed by atoms with Gasteiger partial charge in [-0.05, 0) is 19.3 Å². The largest absolute Gasteiger partial charge is 0.481 e. The normalized spacial score (nSPS) is 11.3. The number of carboxylic acid groups (broad SMARTS) is 2. The summed E-state index contributed by atoms with van der Waals surface area (Å²) in [6.07, 6.45) is 28.5. The van der Waals surface area contributed by atoms with Crippen LogP contribution in [0.5, 0.6) is 0 Å². The van der Waals surface area contributed by atoms with Crippen LogP contribution < -0.4 is 0 Å². The van der Waals surface area contributed by atoms with Crippen LogP contribution in [-0.4, -0.2) is 22.2 Å². The second-order valence-electron chi connectivity index (χ2n) is 8.39. The lowest BCUT2D eigenvalue weighted by Gasteiger charge is -2.04. The average molecular weight is 411 g/mol. The Balaban J connectivity index is 3.05. The third kappa shape index (κ3) is 26.7. The van der Waals surface area contributed by atoms with E-state index in [0.717, 1.165) is 25.7 Å². The molecule has 2 N–H and O–H groups in total. The minimum Gasteiger partial charge on any atom is -0.481 e. The van der Waals surface area contributed by atoms with E-state index in [1.54, 1.807) is 6.08 Å². The van der Waals surface area contributed by atoms with E-state index in [1.165, 1.54) is 109 Å². The molecule has 0 heterocycles. The van der Waals surface area contributed by atoms with Gasteiger partial charge in [0, 0.05) is 12.5 Å². The Kier molecular flexibility index (Phi) is 21.9. The molecule has 0 aromatic rings. The highest BCUT2D eigenvalue weighted by atomic mass is 16.4. The molecule has 0 rings (SSSR count). The Labute approximate surface area is 179 Å². The summed E-state index contributed by atoms with van der Waals surface area (Å²) in [5.74, 6) is -1.51. The van der Waals surface area contributed by atoms with Gasteiger partial charge in [-0.15, -0.1) is 0 Å². The van der Waals surface area contributed by atoms with E-state index < -0.39 is 11.9 Å². The fourth-order valence-corrected chi connectivity index (χ4v) is 3.73. The van der Waals surface area contributed by atoms with Crippen LogP contribution in [-0.2, 0) is 9.59 Å². The van der Waals surface area contributed by atoms with E-state index in [-0.39, 0.29) is 0 Å². The monoisotopic (exact) mass is 410 g/mol. The summed E-state index contributed by atoms with van der Waals surface area (Å²) in [5, 5.41) is 17.1. The summed E-state index contributed by atoms with van der Waals surface area (Å²) in [7, 11) is 0. The van der Waals surface area contributed by atoms with Gasteiger partial charge in [0.1, 0.15) is 0 Å². The Morgan fingerprint density at radius 1 is 0.483 bits per heavy atom. The summed E-state index contributed by atoms with van der Waals surface area (Å²) in [6, 6.07) is 0. The highest BCUT2D eigenvalue weighted by Crippen LogP contribution is 2.15. The van der Waals surface area contributed by atoms with Crippen LogP contribution in [0.3, 0.4) is 0 Å². The smallest absolute Gasteiger partial charge is 0.327 e. The summed E-state index contributed by atoms with van der Waals surface area (Å²) in [6.45, 7) is 0. The van der Waals surface area contributed by atoms with Crippen molar-refractivity contribution in [1.82, 2.24) is 0 Å². The molecule has 0 saturated carbocycles. The molecule has 170 valence electrons. The van der Waals surface area contributed by atoms with Crippen molar-refractivity contribution in [2.24, 2.45) is 0 Å². The zero-order valence-electron chi connectivity index (χ0n) is 18.7. The second-order valence-corrected chi connectivity index (χ2v) is 8.39. The van der Waals surface area contributed by atoms with Crippen LogP contribution in [0.15, 0.2) is 12.2 Å². The Morgan fingerprint density at radius 2 is 0.793 bits per heavy atom. The first-order chi connectivity index (χ1) is 14.1. The molecule has 0 amide bonds. The molecule has 0 saturated heterocycles. The van der Waals surface area contributed by atoms with Crippen molar-refractivity contribution in [2.45, 2.75) is 135 Å². The van der Waals surface area contributed by atoms with Gasteiger partial charge in [0.15, 0.2) is 0 Å². The molecule has 0 aliphatic rings. The van der Waals surface area contributed by atoms with Gasteiger partial charge < -0.3 is 10.2 Å². The van der Waals surface area contributed by atoms with E-state index in [0.29, 0.717) is 6.42 Å². The molecule has 0 fully saturated rings. The Bertz CT molecular complexity index is 404. The van der Waals surface area contributed by atoms with E-state index in [9.17, 15) is 9.59 Å². The number of allylic oxidation sites excluding steroid dienone is 1. The molecule has 4 heteroatoms. The van der Waals surface area contributed by atoms with E-state index in [1.807, 2.05) is 0 Å². The molecular formula is C25H46O4. The molecule has 0 aliphatic heterocycles. The lowest BCUT2D eigenvalue weighted by atomic mass is 10.0. The quantitative estimate of drug-likeness (QED) is 0.133. The molecular weight excluding hydrogens is 364 g/mol. The lowest BCUT2D eigenvalue weighted by Crippen LogP contribution is -1.93. The maximum atomic E-state index is 10.4. The highest BCUT2D eigenvalue weighted by Gasteiger charge is 1.97. The van der Waals surface area contributed by atoms with E-state index in [4.69, 9.17) is 10.2 Å². The van der Waals surface area contributed by atoms with Crippen molar-refractivity contribution >= 4 is 11.9 Å². The maximum absolute atomic E-state index is 10.4. The van der Waals surface area contributed by atoms with Crippen LogP contribution in [0.2, 0.25) is 0 Å². The zero-order chi connectivity index (χ0) is 21.4. The minimum absolute atomic E-state index is 0.329. The average Bonchev–Trinajstić information content (AvgIpc) is 2.68. The fourth-order valence-electron chi connectivity index (χ4n) is 3.73. The predicted molar refractivity (Wildman–Crippen MR) is 121 cm³/mol. The predicted octanol–water partition coefficient (Wildman–Crippen LogP) is 7.90. The van der Waals surface area contributed by atoms with Gasteiger partial charge in [-0.3, -0.25) is 4.79 Å². The second kappa shape index (κ2) is 23.0. The first-order valence-corrected chi connectivity index (χ1v) is 12.2. The number of carboxylic acids is 2. The molecule has 4 nitrogen and oxygen atoms in total. The molecule has 0 bridgehead atoms. The van der Waals surface area contributed by atoms with Gasteiger partial charge in [0.2, 0.25) is 0 Å². The summed E-state index contributed by atoms with van der Waals surface area (Å²) >= 11 is 0. The molecule has 0 spiro atoms. The molecule has 0 atom stereocenters. The van der Waals surface area contributed by atoms with Crippen LogP contribution in [0.25, 0.3) is 0 Å². The summed E-state index contributed by atoms with van der Waals surface area (Å²) < 4.78 is 0. The van der Waals surface area contributed by atoms with Gasteiger partial charge in [-0.2, -0.15) is 0 Å². The lowest BCUT2D eigenvalue weighted by molar-refractivity contribution is -0.137. The topological polar surface area (TPSA) is 74.6 Å². The molecule has 0 unspecified atom stereocenters. The van der Waals surface area contributed by atoms with Gasteiger partial charge in [-0.1, -0.05) is 115 Å². The fraction of sp³-hybridized carbons (Fsp3) is 0.840. The minimum atomic E-state index is -0.844. The molecule has 0 aromatic heterocycles. The van der Waals surface area contributed by atoms with Crippen molar-refractivity contribution in [3.8, 4) is 0 Å². The van der Waals surface area contributed by atoms with Crippen molar-refractivity contribution in [3.63, 3.8) is 0 Å². The van der Waals surface area contributed by atoms with Gasteiger partial charge >= 0.3 is 11.9 Å². The first kappa shape index (κ1) is 27.7. The zero-order valence-corrected chi connectivity index (χ0v) is 18.7. The standard InChI is InChI=1S/C25H46O4/c26-24(27)22-20-18-16-14-12-10-8-6-4-2-1-3-5-7-9-11-13-15-17-19-21-23-25(28)29/h20,22H,1-19,21,23H2,(H,26,27)(H,28,29). The van der Waals surface area contributed by atoms with Crippen molar-refractivity contribution in [2.75, 3.05) is 0 Å². The van der Waals surface area contributed by atoms with Crippen LogP contribution >= 0.6 is 0 Å². The summed E-state index contributed by atoms with van der Waals surface area (Å²) in [5.41, 5.74) is 0. The number of unbranched alkanes of at least 4 members (excludes halogenated alkanes) is 19. The number of rotatable bonds is 23. The van der Waals surface area contributed by atoms with Crippen LogP contribution in [0.1, 0.15) is 135 Å². The van der Waals surface area contributed by atoms with Crippen molar-refractivity contribution < 1.29 is 19.8 Å². The maximum Gasteiger partial charge on any atom is 0.327 e. The van der Waals surface area contributed by atoms with Crippen molar-refractivity contribution in [1.29, 1.82) is 0 Å². The van der Waals surface area contributed by atoms with Crippen LogP contribution in [0.4, 0.5) is 0 Å². The number of carbonyl (C=O) groups is 2. The van der Waals surface area contributed by atoms with Gasteiger partial charge in [-0.25, -0.2) is 4.79 Å². The number of aliphatic carboxylic acids is 2. The van der Waals surface area contributed by atoms with E-state index >= 15 is 0 Å². The SMILES string of the molecule is O=C(O)C=CCCCCCCCCCCCCCCCCCCCCCC(=O)O. The third-order valence-electron chi connectivity index (χ3n) is 5.52. The summed E-state index contributed by atoms with van der Waals surface area (Å²) in [4.78, 5) is 20.7.